The van der Waals surface area contributed by atoms with Gasteiger partial charge in [-0.05, 0) is 49.4 Å². The predicted molar refractivity (Wildman–Crippen MR) is 127 cm³/mol. The quantitative estimate of drug-likeness (QED) is 0.524. The molecule has 9 heteroatoms. The van der Waals surface area contributed by atoms with Crippen LogP contribution in [0.5, 0.6) is 5.75 Å². The lowest BCUT2D eigenvalue weighted by Crippen LogP contribution is -2.42. The van der Waals surface area contributed by atoms with Gasteiger partial charge in [-0.25, -0.2) is 4.39 Å². The van der Waals surface area contributed by atoms with E-state index in [0.29, 0.717) is 54.3 Å². The van der Waals surface area contributed by atoms with Gasteiger partial charge in [-0.3, -0.25) is 9.69 Å². The first-order valence-corrected chi connectivity index (χ1v) is 10.4. The van der Waals surface area contributed by atoms with Crippen LogP contribution >= 0.6 is 12.4 Å². The molecule has 2 heterocycles. The summed E-state index contributed by atoms with van der Waals surface area (Å²) in [5.74, 6) is 0.0763. The van der Waals surface area contributed by atoms with Crippen LogP contribution in [0.25, 0.3) is 10.9 Å². The van der Waals surface area contributed by atoms with E-state index in [-0.39, 0.29) is 23.7 Å². The van der Waals surface area contributed by atoms with E-state index in [1.807, 2.05) is 11.5 Å². The van der Waals surface area contributed by atoms with E-state index in [9.17, 15) is 14.3 Å². The van der Waals surface area contributed by atoms with Crippen LogP contribution in [-0.4, -0.2) is 71.9 Å². The molecule has 1 atom stereocenters. The van der Waals surface area contributed by atoms with Crippen LogP contribution in [0.3, 0.4) is 0 Å². The molecule has 4 rings (SSSR count). The summed E-state index contributed by atoms with van der Waals surface area (Å²) < 4.78 is 26.5. The van der Waals surface area contributed by atoms with Crippen molar-refractivity contribution in [2.45, 2.75) is 19.6 Å². The third kappa shape index (κ3) is 5.72. The van der Waals surface area contributed by atoms with Gasteiger partial charge in [-0.1, -0.05) is 0 Å². The van der Waals surface area contributed by atoms with Crippen molar-refractivity contribution >= 4 is 29.1 Å². The fourth-order valence-corrected chi connectivity index (χ4v) is 4.21. The number of carbonyl (C=O) groups is 1. The number of aliphatic hydroxyl groups is 1. The van der Waals surface area contributed by atoms with E-state index in [4.69, 9.17) is 9.47 Å². The molecule has 1 fully saturated rings. The minimum atomic E-state index is -0.624. The topological polar surface area (TPSA) is 95.4 Å². The Kier molecular flexibility index (Phi) is 9.39. The van der Waals surface area contributed by atoms with Crippen molar-refractivity contribution in [3.05, 3.63) is 65.1 Å². The molecule has 0 bridgehead atoms. The molecular formula is C24H30ClFN2O5. The van der Waals surface area contributed by atoms with E-state index in [0.717, 1.165) is 18.6 Å². The summed E-state index contributed by atoms with van der Waals surface area (Å²) >= 11 is 0. The minimum absolute atomic E-state index is 0. The van der Waals surface area contributed by atoms with Gasteiger partial charge >= 0.3 is 0 Å². The summed E-state index contributed by atoms with van der Waals surface area (Å²) in [6.45, 7) is 5.59. The van der Waals surface area contributed by atoms with Gasteiger partial charge in [-0.2, -0.15) is 0 Å². The van der Waals surface area contributed by atoms with Crippen LogP contribution in [-0.2, 0) is 11.3 Å². The highest BCUT2D eigenvalue weighted by Gasteiger charge is 2.24. The van der Waals surface area contributed by atoms with E-state index in [2.05, 4.69) is 4.90 Å². The average molecular weight is 481 g/mol. The number of aliphatic hydroxyl groups excluding tert-OH is 1. The molecule has 1 aliphatic rings. The van der Waals surface area contributed by atoms with Gasteiger partial charge < -0.3 is 24.6 Å². The molecular weight excluding hydrogens is 451 g/mol. The Morgan fingerprint density at radius 2 is 1.82 bits per heavy atom. The number of carbonyl (C=O) groups excluding carboxylic acids is 1. The summed E-state index contributed by atoms with van der Waals surface area (Å²) in [7, 11) is 1.57. The number of benzene rings is 2. The second-order valence-electron chi connectivity index (χ2n) is 7.86. The molecule has 0 spiro atoms. The molecule has 1 aliphatic heterocycles. The standard InChI is InChI=1S/C24H27FN2O4.ClH.H2O/c1-16-23(24(29)17-3-6-20(30-2)7-4-17)21-13-18(25)5-8-22(21)27(16)15-19(28)14-26-9-11-31-12-10-26;;/h3-8,13,19,28H,9-12,14-15H2,1-2H3;1H;1H2. The van der Waals surface area contributed by atoms with Crippen molar-refractivity contribution in [2.75, 3.05) is 40.0 Å². The number of β-amino-alcohol motifs (C(OH)–C–C–N with tert-alkyl or cyclic N) is 1. The number of morpholine rings is 1. The number of hydrogen-bond acceptors (Lipinski definition) is 5. The number of nitrogens with zero attached hydrogens (tertiary/aromatic N) is 2. The van der Waals surface area contributed by atoms with E-state index in [1.54, 1.807) is 37.4 Å². The number of rotatable bonds is 7. The summed E-state index contributed by atoms with van der Waals surface area (Å²) in [6.07, 6.45) is -0.624. The Balaban J connectivity index is 0.00000193. The number of aromatic nitrogens is 1. The van der Waals surface area contributed by atoms with E-state index >= 15 is 0 Å². The maximum atomic E-state index is 14.1. The summed E-state index contributed by atoms with van der Waals surface area (Å²) in [5, 5.41) is 11.3. The molecule has 1 saturated heterocycles. The Labute approximate surface area is 198 Å². The van der Waals surface area contributed by atoms with E-state index < -0.39 is 11.9 Å². The van der Waals surface area contributed by atoms with Gasteiger partial charge in [0.1, 0.15) is 11.6 Å². The smallest absolute Gasteiger partial charge is 0.195 e. The van der Waals surface area contributed by atoms with Gasteiger partial charge in [-0.15, -0.1) is 12.4 Å². The zero-order valence-corrected chi connectivity index (χ0v) is 19.5. The molecule has 180 valence electrons. The maximum Gasteiger partial charge on any atom is 0.195 e. The molecule has 0 amide bonds. The van der Waals surface area contributed by atoms with Crippen molar-refractivity contribution < 1.29 is 29.2 Å². The Morgan fingerprint density at radius 3 is 2.45 bits per heavy atom. The molecule has 0 aliphatic carbocycles. The zero-order chi connectivity index (χ0) is 22.0. The monoisotopic (exact) mass is 480 g/mol. The number of fused-ring (bicyclic) bond motifs is 1. The number of methoxy groups -OCH3 is 1. The van der Waals surface area contributed by atoms with Crippen molar-refractivity contribution in [1.82, 2.24) is 9.47 Å². The third-order valence-corrected chi connectivity index (χ3v) is 5.83. The first kappa shape index (κ1) is 26.8. The molecule has 1 unspecified atom stereocenters. The summed E-state index contributed by atoms with van der Waals surface area (Å²) in [4.78, 5) is 15.5. The molecule has 7 nitrogen and oxygen atoms in total. The van der Waals surface area contributed by atoms with Gasteiger partial charge in [0.25, 0.3) is 0 Å². The Morgan fingerprint density at radius 1 is 1.15 bits per heavy atom. The van der Waals surface area contributed by atoms with Gasteiger partial charge in [0.2, 0.25) is 0 Å². The van der Waals surface area contributed by atoms with Gasteiger partial charge in [0.05, 0.1) is 38.5 Å². The fraction of sp³-hybridized carbons (Fsp3) is 0.375. The number of ether oxygens (including phenoxy) is 2. The molecule has 0 radical (unpaired) electrons. The van der Waals surface area contributed by atoms with Crippen LogP contribution in [0.4, 0.5) is 4.39 Å². The molecule has 1 aromatic heterocycles. The van der Waals surface area contributed by atoms with Crippen LogP contribution in [0.15, 0.2) is 42.5 Å². The van der Waals surface area contributed by atoms with Crippen LogP contribution in [0.2, 0.25) is 0 Å². The molecule has 2 aromatic carbocycles. The molecule has 33 heavy (non-hydrogen) atoms. The lowest BCUT2D eigenvalue weighted by molar-refractivity contribution is 0.0116. The second kappa shape index (κ2) is 11.6. The van der Waals surface area contributed by atoms with Crippen molar-refractivity contribution in [3.63, 3.8) is 0 Å². The second-order valence-corrected chi connectivity index (χ2v) is 7.86. The highest BCUT2D eigenvalue weighted by Crippen LogP contribution is 2.30. The fourth-order valence-electron chi connectivity index (χ4n) is 4.21. The summed E-state index contributed by atoms with van der Waals surface area (Å²) in [6, 6.07) is 11.3. The number of hydrogen-bond donors (Lipinski definition) is 1. The Bertz CT molecular complexity index is 1080. The zero-order valence-electron chi connectivity index (χ0n) is 18.7. The van der Waals surface area contributed by atoms with Crippen molar-refractivity contribution in [3.8, 4) is 5.75 Å². The number of halogens is 2. The van der Waals surface area contributed by atoms with Crippen molar-refractivity contribution in [1.29, 1.82) is 0 Å². The largest absolute Gasteiger partial charge is 0.497 e. The van der Waals surface area contributed by atoms with Gasteiger partial charge in [0.15, 0.2) is 5.78 Å². The first-order chi connectivity index (χ1) is 15.0. The van der Waals surface area contributed by atoms with Crippen molar-refractivity contribution in [2.24, 2.45) is 0 Å². The van der Waals surface area contributed by atoms with E-state index in [1.165, 1.54) is 12.1 Å². The molecule has 3 N–H and O–H groups in total. The maximum absolute atomic E-state index is 14.1. The van der Waals surface area contributed by atoms with Gasteiger partial charge in [0, 0.05) is 41.8 Å². The number of ketones is 1. The first-order valence-electron chi connectivity index (χ1n) is 10.4. The Hall–Kier alpha value is -2.49. The predicted octanol–water partition coefficient (Wildman–Crippen LogP) is 2.62. The SMILES string of the molecule is COc1ccc(C(=O)c2c(C)n(CC(O)CN3CCOCC3)c3ccc(F)cc23)cc1.Cl.O. The highest BCUT2D eigenvalue weighted by atomic mass is 35.5. The molecule has 0 saturated carbocycles. The van der Waals surface area contributed by atoms with Crippen LogP contribution in [0.1, 0.15) is 21.6 Å². The van der Waals surface area contributed by atoms with Crippen LogP contribution in [0, 0.1) is 12.7 Å². The third-order valence-electron chi connectivity index (χ3n) is 5.83. The minimum Gasteiger partial charge on any atom is -0.497 e. The highest BCUT2D eigenvalue weighted by molar-refractivity contribution is 6.17. The average Bonchev–Trinajstić information content (AvgIpc) is 3.04. The lowest BCUT2D eigenvalue weighted by atomic mass is 10.0. The normalized spacial score (nSPS) is 14.9. The lowest BCUT2D eigenvalue weighted by Gasteiger charge is -2.29. The summed E-state index contributed by atoms with van der Waals surface area (Å²) in [5.41, 5.74) is 2.40. The molecule has 3 aromatic rings. The van der Waals surface area contributed by atoms with Crippen LogP contribution < -0.4 is 4.74 Å².